The Bertz CT molecular complexity index is 238. The third-order valence-corrected chi connectivity index (χ3v) is 5.51. The topological polar surface area (TPSA) is 12.0 Å². The second-order valence-corrected chi connectivity index (χ2v) is 7.13. The van der Waals surface area contributed by atoms with E-state index >= 15 is 0 Å². The molecule has 6 atom stereocenters. The highest BCUT2D eigenvalue weighted by atomic mass is 15.0. The lowest BCUT2D eigenvalue weighted by Crippen LogP contribution is -2.47. The largest absolute Gasteiger partial charge is 0.311 e. The summed E-state index contributed by atoms with van der Waals surface area (Å²) in [6, 6.07) is 1.60. The van der Waals surface area contributed by atoms with E-state index in [-0.39, 0.29) is 0 Å². The molecule has 1 nitrogen and oxygen atoms in total. The van der Waals surface area contributed by atoms with Gasteiger partial charge in [0.2, 0.25) is 0 Å². The lowest BCUT2D eigenvalue weighted by atomic mass is 9.76. The van der Waals surface area contributed by atoms with Gasteiger partial charge in [-0.05, 0) is 55.8 Å². The van der Waals surface area contributed by atoms with E-state index < -0.39 is 0 Å². The van der Waals surface area contributed by atoms with Crippen molar-refractivity contribution in [1.29, 1.82) is 0 Å². The van der Waals surface area contributed by atoms with E-state index in [1.165, 1.54) is 38.5 Å². The molecule has 0 aromatic heterocycles. The molecule has 0 aliphatic heterocycles. The van der Waals surface area contributed by atoms with Crippen LogP contribution in [0, 0.1) is 23.7 Å². The minimum atomic E-state index is 0.796. The molecule has 0 spiro atoms. The average Bonchev–Trinajstić information content (AvgIpc) is 2.29. The SMILES string of the molecule is CC1CCC(C)C(NC2CCC(C)C(C)C2)C1. The van der Waals surface area contributed by atoms with E-state index in [1.807, 2.05) is 0 Å². The number of rotatable bonds is 2. The molecule has 0 radical (unpaired) electrons. The first-order valence-electron chi connectivity index (χ1n) is 7.82. The van der Waals surface area contributed by atoms with Crippen LogP contribution in [0.4, 0.5) is 0 Å². The van der Waals surface area contributed by atoms with E-state index in [4.69, 9.17) is 0 Å². The number of hydrogen-bond donors (Lipinski definition) is 1. The summed E-state index contributed by atoms with van der Waals surface area (Å²) in [4.78, 5) is 0. The Balaban J connectivity index is 1.83. The van der Waals surface area contributed by atoms with Crippen molar-refractivity contribution in [1.82, 2.24) is 5.32 Å². The molecular weight excluding hydrogens is 206 g/mol. The molecule has 2 rings (SSSR count). The van der Waals surface area contributed by atoms with Crippen molar-refractivity contribution in [3.05, 3.63) is 0 Å². The molecular formula is C16H31N. The standard InChI is InChI=1S/C16H31N/c1-11-5-6-13(3)16(9-11)17-15-8-7-12(2)14(4)10-15/h11-17H,5-10H2,1-4H3. The molecule has 6 unspecified atom stereocenters. The molecule has 1 heteroatoms. The van der Waals surface area contributed by atoms with Gasteiger partial charge in [0.05, 0.1) is 0 Å². The maximum atomic E-state index is 3.99. The van der Waals surface area contributed by atoms with Crippen LogP contribution in [-0.2, 0) is 0 Å². The van der Waals surface area contributed by atoms with Gasteiger partial charge >= 0.3 is 0 Å². The highest BCUT2D eigenvalue weighted by molar-refractivity contribution is 4.87. The second kappa shape index (κ2) is 5.73. The normalized spacial score (nSPS) is 48.0. The van der Waals surface area contributed by atoms with Gasteiger partial charge in [0.25, 0.3) is 0 Å². The molecule has 0 amide bonds. The first-order chi connectivity index (χ1) is 8.06. The molecule has 0 saturated heterocycles. The van der Waals surface area contributed by atoms with Gasteiger partial charge in [-0.1, -0.05) is 34.1 Å². The number of nitrogens with one attached hydrogen (secondary N) is 1. The molecule has 0 bridgehead atoms. The molecule has 0 heterocycles. The highest BCUT2D eigenvalue weighted by Crippen LogP contribution is 2.33. The Hall–Kier alpha value is -0.0400. The average molecular weight is 237 g/mol. The maximum absolute atomic E-state index is 3.99. The summed E-state index contributed by atoms with van der Waals surface area (Å²) in [6.45, 7) is 9.72. The Morgan fingerprint density at radius 2 is 1.41 bits per heavy atom. The number of hydrogen-bond acceptors (Lipinski definition) is 1. The predicted octanol–water partition coefficient (Wildman–Crippen LogP) is 4.23. The second-order valence-electron chi connectivity index (χ2n) is 7.13. The summed E-state index contributed by atoms with van der Waals surface area (Å²) < 4.78 is 0. The molecule has 2 aliphatic rings. The molecule has 100 valence electrons. The minimum absolute atomic E-state index is 0.796. The Labute approximate surface area is 108 Å². The van der Waals surface area contributed by atoms with Crippen LogP contribution in [0.2, 0.25) is 0 Å². The Kier molecular flexibility index (Phi) is 4.52. The lowest BCUT2D eigenvalue weighted by Gasteiger charge is -2.39. The van der Waals surface area contributed by atoms with Gasteiger partial charge in [-0.3, -0.25) is 0 Å². The fraction of sp³-hybridized carbons (Fsp3) is 1.00. The lowest BCUT2D eigenvalue weighted by molar-refractivity contribution is 0.166. The zero-order valence-electron chi connectivity index (χ0n) is 12.2. The Morgan fingerprint density at radius 3 is 2.12 bits per heavy atom. The van der Waals surface area contributed by atoms with E-state index in [0.717, 1.165) is 35.8 Å². The summed E-state index contributed by atoms with van der Waals surface area (Å²) in [5, 5.41) is 3.99. The first kappa shape index (κ1) is 13.4. The van der Waals surface area contributed by atoms with Gasteiger partial charge in [0.15, 0.2) is 0 Å². The molecule has 17 heavy (non-hydrogen) atoms. The van der Waals surface area contributed by atoms with Crippen molar-refractivity contribution in [2.45, 2.75) is 78.3 Å². The predicted molar refractivity (Wildman–Crippen MR) is 75.1 cm³/mol. The van der Waals surface area contributed by atoms with Gasteiger partial charge in [0.1, 0.15) is 0 Å². The molecule has 2 aliphatic carbocycles. The summed E-state index contributed by atoms with van der Waals surface area (Å²) in [5.74, 6) is 3.68. The zero-order chi connectivity index (χ0) is 12.4. The van der Waals surface area contributed by atoms with Gasteiger partial charge < -0.3 is 5.32 Å². The van der Waals surface area contributed by atoms with Gasteiger partial charge in [-0.15, -0.1) is 0 Å². The fourth-order valence-electron chi connectivity index (χ4n) is 3.77. The molecule has 0 aromatic carbocycles. The zero-order valence-corrected chi connectivity index (χ0v) is 12.2. The van der Waals surface area contributed by atoms with Crippen molar-refractivity contribution < 1.29 is 0 Å². The van der Waals surface area contributed by atoms with Gasteiger partial charge in [-0.2, -0.15) is 0 Å². The van der Waals surface area contributed by atoms with Crippen LogP contribution in [0.1, 0.15) is 66.2 Å². The van der Waals surface area contributed by atoms with Crippen molar-refractivity contribution >= 4 is 0 Å². The summed E-state index contributed by atoms with van der Waals surface area (Å²) in [7, 11) is 0. The summed E-state index contributed by atoms with van der Waals surface area (Å²) in [5.41, 5.74) is 0. The molecule has 1 N–H and O–H groups in total. The van der Waals surface area contributed by atoms with Crippen LogP contribution < -0.4 is 5.32 Å². The smallest absolute Gasteiger partial charge is 0.00978 e. The molecule has 2 fully saturated rings. The molecule has 2 saturated carbocycles. The molecule has 0 aromatic rings. The van der Waals surface area contributed by atoms with Crippen LogP contribution >= 0.6 is 0 Å². The van der Waals surface area contributed by atoms with Crippen molar-refractivity contribution in [2.75, 3.05) is 0 Å². The third-order valence-electron chi connectivity index (χ3n) is 5.51. The van der Waals surface area contributed by atoms with E-state index in [9.17, 15) is 0 Å². The summed E-state index contributed by atoms with van der Waals surface area (Å²) in [6.07, 6.45) is 8.51. The fourth-order valence-corrected chi connectivity index (χ4v) is 3.77. The van der Waals surface area contributed by atoms with Crippen LogP contribution in [0.25, 0.3) is 0 Å². The van der Waals surface area contributed by atoms with E-state index in [2.05, 4.69) is 33.0 Å². The van der Waals surface area contributed by atoms with Crippen molar-refractivity contribution in [3.8, 4) is 0 Å². The minimum Gasteiger partial charge on any atom is -0.311 e. The van der Waals surface area contributed by atoms with Crippen LogP contribution in [0.3, 0.4) is 0 Å². The van der Waals surface area contributed by atoms with Gasteiger partial charge in [0, 0.05) is 12.1 Å². The third kappa shape index (κ3) is 3.47. The first-order valence-corrected chi connectivity index (χ1v) is 7.82. The quantitative estimate of drug-likeness (QED) is 0.758. The highest BCUT2D eigenvalue weighted by Gasteiger charge is 2.30. The van der Waals surface area contributed by atoms with Crippen LogP contribution in [0.5, 0.6) is 0 Å². The summed E-state index contributed by atoms with van der Waals surface area (Å²) >= 11 is 0. The van der Waals surface area contributed by atoms with E-state index in [0.29, 0.717) is 0 Å². The van der Waals surface area contributed by atoms with Crippen LogP contribution in [-0.4, -0.2) is 12.1 Å². The monoisotopic (exact) mass is 237 g/mol. The Morgan fingerprint density at radius 1 is 0.706 bits per heavy atom. The van der Waals surface area contributed by atoms with E-state index in [1.54, 1.807) is 0 Å². The van der Waals surface area contributed by atoms with Crippen molar-refractivity contribution in [2.24, 2.45) is 23.7 Å². The van der Waals surface area contributed by atoms with Crippen LogP contribution in [0.15, 0.2) is 0 Å². The maximum Gasteiger partial charge on any atom is 0.00978 e. The van der Waals surface area contributed by atoms with Crippen molar-refractivity contribution in [3.63, 3.8) is 0 Å². The van der Waals surface area contributed by atoms with Gasteiger partial charge in [-0.25, -0.2) is 0 Å².